The van der Waals surface area contributed by atoms with E-state index in [4.69, 9.17) is 4.74 Å². The Morgan fingerprint density at radius 1 is 1.23 bits per heavy atom. The summed E-state index contributed by atoms with van der Waals surface area (Å²) in [4.78, 5) is 34.0. The summed E-state index contributed by atoms with van der Waals surface area (Å²) in [5.41, 5.74) is -0.747. The Morgan fingerprint density at radius 2 is 1.92 bits per heavy atom. The van der Waals surface area contributed by atoms with E-state index in [-0.39, 0.29) is 19.0 Å². The number of nitrogens with one attached hydrogen (secondary N) is 3. The highest BCUT2D eigenvalue weighted by Gasteiger charge is 2.44. The summed E-state index contributed by atoms with van der Waals surface area (Å²) < 4.78 is 5.53. The Labute approximate surface area is 155 Å². The number of aliphatic hydroxyl groups excluding tert-OH is 3. The number of hydrogen-bond acceptors (Lipinski definition) is 8. The minimum atomic E-state index is -1.34. The van der Waals surface area contributed by atoms with Crippen molar-refractivity contribution in [2.24, 2.45) is 0 Å². The van der Waals surface area contributed by atoms with E-state index in [9.17, 15) is 29.7 Å². The summed E-state index contributed by atoms with van der Waals surface area (Å²) in [6.07, 6.45) is -2.46. The van der Waals surface area contributed by atoms with Crippen molar-refractivity contribution in [3.63, 3.8) is 0 Å². The summed E-state index contributed by atoms with van der Waals surface area (Å²) in [7, 11) is 0. The Morgan fingerprint density at radius 3 is 2.50 bits per heavy atom. The Kier molecular flexibility index (Phi) is 9.59. The van der Waals surface area contributed by atoms with Crippen LogP contribution in [0.3, 0.4) is 0 Å². The lowest BCUT2D eigenvalue weighted by atomic mass is 9.98. The number of rotatable bonds is 9. The van der Waals surface area contributed by atoms with Gasteiger partial charge in [0, 0.05) is 19.1 Å². The number of thioether (sulfide) groups is 1. The predicted octanol–water partition coefficient (Wildman–Crippen LogP) is -2.57. The zero-order valence-electron chi connectivity index (χ0n) is 14.4. The molecule has 0 aliphatic carbocycles. The van der Waals surface area contributed by atoms with E-state index in [0.717, 1.165) is 17.8 Å². The third-order valence-corrected chi connectivity index (χ3v) is 4.77. The van der Waals surface area contributed by atoms with Crippen molar-refractivity contribution in [2.75, 3.05) is 19.0 Å². The molecule has 10 nitrogen and oxygen atoms in total. The van der Waals surface area contributed by atoms with Crippen molar-refractivity contribution >= 4 is 29.5 Å². The van der Waals surface area contributed by atoms with Gasteiger partial charge in [0.1, 0.15) is 23.7 Å². The number of carbonyl (C=O) groups excluding carboxylic acids is 3. The minimum absolute atomic E-state index is 0.0275. The van der Waals surface area contributed by atoms with Gasteiger partial charge >= 0.3 is 0 Å². The average molecular weight is 391 g/mol. The van der Waals surface area contributed by atoms with Crippen LogP contribution in [0.1, 0.15) is 13.3 Å². The molecule has 3 amide bonds. The molecule has 11 heteroatoms. The van der Waals surface area contributed by atoms with E-state index < -0.39 is 48.2 Å². The van der Waals surface area contributed by atoms with E-state index in [2.05, 4.69) is 22.5 Å². The lowest BCUT2D eigenvalue weighted by molar-refractivity contribution is -0.173. The molecule has 0 aromatic carbocycles. The number of ether oxygens (including phenoxy) is 1. The molecule has 26 heavy (non-hydrogen) atoms. The van der Waals surface area contributed by atoms with E-state index in [1.165, 1.54) is 6.92 Å². The SMILES string of the molecule is C=CC(=O)NCNC(=O)CCS[C@@H]1O[C@H](CO)[C@@H](O)[C@H](O)[C@H]1NC(C)=O. The average Bonchev–Trinajstić information content (AvgIpc) is 2.60. The monoisotopic (exact) mass is 391 g/mol. The Hall–Kier alpha value is -1.66. The standard InChI is InChI=1S/C15H25N3O7S/c1-3-10(21)16-7-17-11(22)4-5-26-15-12(18-8(2)20)14(24)13(23)9(6-19)25-15/h3,9,12-15,19,23-24H,1,4-7H2,2H3,(H,16,21)(H,17,22)(H,18,20)/t9-,12-,13-,14-,15+/m1/s1. The number of aliphatic hydroxyl groups is 3. The minimum Gasteiger partial charge on any atom is -0.394 e. The van der Waals surface area contributed by atoms with Gasteiger partial charge < -0.3 is 36.0 Å². The Bertz CT molecular complexity index is 519. The van der Waals surface area contributed by atoms with Crippen LogP contribution < -0.4 is 16.0 Å². The van der Waals surface area contributed by atoms with Crippen molar-refractivity contribution in [1.29, 1.82) is 0 Å². The number of hydrogen-bond donors (Lipinski definition) is 6. The van der Waals surface area contributed by atoms with Crippen molar-refractivity contribution in [3.05, 3.63) is 12.7 Å². The largest absolute Gasteiger partial charge is 0.394 e. The zero-order chi connectivity index (χ0) is 19.7. The third-order valence-electron chi connectivity index (χ3n) is 3.60. The second-order valence-electron chi connectivity index (χ2n) is 5.58. The van der Waals surface area contributed by atoms with E-state index in [1.807, 2.05) is 0 Å². The fraction of sp³-hybridized carbons (Fsp3) is 0.667. The fourth-order valence-corrected chi connectivity index (χ4v) is 3.46. The molecule has 1 heterocycles. The maximum Gasteiger partial charge on any atom is 0.244 e. The second kappa shape index (κ2) is 11.1. The second-order valence-corrected chi connectivity index (χ2v) is 6.78. The third kappa shape index (κ3) is 6.92. The zero-order valence-corrected chi connectivity index (χ0v) is 15.2. The van der Waals surface area contributed by atoms with Gasteiger partial charge in [0.15, 0.2) is 0 Å². The highest BCUT2D eigenvalue weighted by molar-refractivity contribution is 7.99. The molecule has 0 bridgehead atoms. The fourth-order valence-electron chi connectivity index (χ4n) is 2.27. The van der Waals surface area contributed by atoms with Crippen LogP contribution in [0.15, 0.2) is 12.7 Å². The van der Waals surface area contributed by atoms with Gasteiger partial charge in [0.05, 0.1) is 19.3 Å². The molecule has 0 spiro atoms. The quantitative estimate of drug-likeness (QED) is 0.185. The molecule has 0 aromatic rings. The highest BCUT2D eigenvalue weighted by Crippen LogP contribution is 2.28. The predicted molar refractivity (Wildman–Crippen MR) is 93.8 cm³/mol. The van der Waals surface area contributed by atoms with Crippen LogP contribution >= 0.6 is 11.8 Å². The molecule has 1 aliphatic heterocycles. The first-order valence-corrected chi connectivity index (χ1v) is 9.03. The number of carbonyl (C=O) groups is 3. The van der Waals surface area contributed by atoms with Gasteiger partial charge in [-0.3, -0.25) is 14.4 Å². The van der Waals surface area contributed by atoms with Gasteiger partial charge in [0.2, 0.25) is 17.7 Å². The van der Waals surface area contributed by atoms with Crippen molar-refractivity contribution < 1.29 is 34.4 Å². The summed E-state index contributed by atoms with van der Waals surface area (Å²) in [6.45, 7) is 4.03. The topological polar surface area (TPSA) is 157 Å². The first kappa shape index (κ1) is 22.4. The maximum absolute atomic E-state index is 11.7. The van der Waals surface area contributed by atoms with Gasteiger partial charge in [-0.1, -0.05) is 6.58 Å². The lowest BCUT2D eigenvalue weighted by Crippen LogP contribution is -2.63. The van der Waals surface area contributed by atoms with Crippen molar-refractivity contribution in [3.8, 4) is 0 Å². The molecule has 0 aromatic heterocycles. The molecule has 148 valence electrons. The lowest BCUT2D eigenvalue weighted by Gasteiger charge is -2.42. The van der Waals surface area contributed by atoms with E-state index in [1.54, 1.807) is 0 Å². The molecule has 1 aliphatic rings. The molecule has 0 radical (unpaired) electrons. The van der Waals surface area contributed by atoms with Gasteiger partial charge in [-0.2, -0.15) is 0 Å². The van der Waals surface area contributed by atoms with Crippen molar-refractivity contribution in [1.82, 2.24) is 16.0 Å². The van der Waals surface area contributed by atoms with Gasteiger partial charge in [0.25, 0.3) is 0 Å². The summed E-state index contributed by atoms with van der Waals surface area (Å²) in [5.74, 6) is -0.833. The maximum atomic E-state index is 11.7. The summed E-state index contributed by atoms with van der Waals surface area (Å²) in [6, 6.07) is -0.884. The molecule has 6 N–H and O–H groups in total. The summed E-state index contributed by atoms with van der Waals surface area (Å²) >= 11 is 1.16. The molecule has 0 saturated carbocycles. The highest BCUT2D eigenvalue weighted by atomic mass is 32.2. The first-order valence-electron chi connectivity index (χ1n) is 7.98. The van der Waals surface area contributed by atoms with Crippen LogP contribution in [-0.4, -0.2) is 81.9 Å². The smallest absolute Gasteiger partial charge is 0.244 e. The molecule has 1 fully saturated rings. The molecule has 5 atom stereocenters. The molecule has 0 unspecified atom stereocenters. The van der Waals surface area contributed by atoms with Crippen LogP contribution in [-0.2, 0) is 19.1 Å². The molecular formula is C15H25N3O7S. The molecule has 1 rings (SSSR count). The summed E-state index contributed by atoms with van der Waals surface area (Å²) in [5, 5.41) is 36.7. The molecule has 1 saturated heterocycles. The number of amides is 3. The first-order chi connectivity index (χ1) is 12.3. The van der Waals surface area contributed by atoms with Gasteiger partial charge in [-0.15, -0.1) is 11.8 Å². The van der Waals surface area contributed by atoms with Crippen LogP contribution in [0.2, 0.25) is 0 Å². The van der Waals surface area contributed by atoms with Crippen LogP contribution in [0.4, 0.5) is 0 Å². The Balaban J connectivity index is 2.50. The van der Waals surface area contributed by atoms with Gasteiger partial charge in [-0.05, 0) is 6.08 Å². The normalized spacial score (nSPS) is 28.1. The van der Waals surface area contributed by atoms with E-state index in [0.29, 0.717) is 5.75 Å². The molecular weight excluding hydrogens is 366 g/mol. The van der Waals surface area contributed by atoms with Crippen LogP contribution in [0.25, 0.3) is 0 Å². The van der Waals surface area contributed by atoms with Crippen molar-refractivity contribution in [2.45, 2.75) is 43.1 Å². The van der Waals surface area contributed by atoms with E-state index >= 15 is 0 Å². The van der Waals surface area contributed by atoms with Gasteiger partial charge in [-0.25, -0.2) is 0 Å². The van der Waals surface area contributed by atoms with Crippen LogP contribution in [0, 0.1) is 0 Å². The van der Waals surface area contributed by atoms with Crippen LogP contribution in [0.5, 0.6) is 0 Å².